The predicted octanol–water partition coefficient (Wildman–Crippen LogP) is 5.20. The Labute approximate surface area is 165 Å². The van der Waals surface area contributed by atoms with Crippen LogP contribution in [-0.4, -0.2) is 19.9 Å². The van der Waals surface area contributed by atoms with Gasteiger partial charge in [0.05, 0.1) is 29.1 Å². The predicted molar refractivity (Wildman–Crippen MR) is 112 cm³/mol. The van der Waals surface area contributed by atoms with Crippen molar-refractivity contribution in [2.45, 2.75) is 0 Å². The van der Waals surface area contributed by atoms with Crippen molar-refractivity contribution < 1.29 is 4.39 Å². The fraction of sp³-hybridized carbons (Fsp3) is 0. The summed E-state index contributed by atoms with van der Waals surface area (Å²) in [4.78, 5) is 17.0. The van der Waals surface area contributed by atoms with Gasteiger partial charge in [-0.2, -0.15) is 4.98 Å². The SMILES string of the molecule is Fc1cnc(Nc2cnc3ccccc3c2)nc1Nc1ccc2ncccc2c1. The van der Waals surface area contributed by atoms with Crippen LogP contribution in [0, 0.1) is 5.82 Å². The van der Waals surface area contributed by atoms with Crippen molar-refractivity contribution in [3.8, 4) is 0 Å². The molecule has 0 aliphatic carbocycles. The fourth-order valence-electron chi connectivity index (χ4n) is 3.07. The molecule has 5 aromatic rings. The van der Waals surface area contributed by atoms with E-state index in [0.29, 0.717) is 5.69 Å². The zero-order chi connectivity index (χ0) is 19.6. The summed E-state index contributed by atoms with van der Waals surface area (Å²) in [5.41, 5.74) is 3.19. The minimum atomic E-state index is -0.543. The fourth-order valence-corrected chi connectivity index (χ4v) is 3.07. The molecule has 0 amide bonds. The first-order valence-corrected chi connectivity index (χ1v) is 9.01. The van der Waals surface area contributed by atoms with E-state index < -0.39 is 5.82 Å². The molecular formula is C22H15FN6. The molecule has 0 saturated heterocycles. The second-order valence-corrected chi connectivity index (χ2v) is 6.47. The number of nitrogens with one attached hydrogen (secondary N) is 2. The van der Waals surface area contributed by atoms with Crippen LogP contribution in [0.3, 0.4) is 0 Å². The van der Waals surface area contributed by atoms with Gasteiger partial charge in [-0.3, -0.25) is 9.97 Å². The maximum absolute atomic E-state index is 14.3. The summed E-state index contributed by atoms with van der Waals surface area (Å²) in [5.74, 6) is -0.189. The van der Waals surface area contributed by atoms with Crippen LogP contribution in [0.15, 0.2) is 79.3 Å². The van der Waals surface area contributed by atoms with Gasteiger partial charge in [-0.25, -0.2) is 9.37 Å². The Morgan fingerprint density at radius 2 is 1.48 bits per heavy atom. The molecule has 0 saturated carbocycles. The van der Waals surface area contributed by atoms with Crippen molar-refractivity contribution >= 4 is 44.9 Å². The van der Waals surface area contributed by atoms with Crippen LogP contribution in [0.4, 0.5) is 27.5 Å². The molecule has 3 heterocycles. The summed E-state index contributed by atoms with van der Waals surface area (Å²) in [6, 6.07) is 19.1. The lowest BCUT2D eigenvalue weighted by molar-refractivity contribution is 0.619. The lowest BCUT2D eigenvalue weighted by atomic mass is 10.2. The number of pyridine rings is 2. The van der Waals surface area contributed by atoms with E-state index in [1.165, 1.54) is 0 Å². The van der Waals surface area contributed by atoms with E-state index in [0.717, 1.165) is 33.7 Å². The number of hydrogen-bond donors (Lipinski definition) is 2. The third-order valence-electron chi connectivity index (χ3n) is 4.46. The number of para-hydroxylation sites is 1. The molecule has 7 heteroatoms. The summed E-state index contributed by atoms with van der Waals surface area (Å²) in [5, 5.41) is 8.03. The van der Waals surface area contributed by atoms with Gasteiger partial charge in [-0.1, -0.05) is 24.3 Å². The Bertz CT molecular complexity index is 1340. The Balaban J connectivity index is 1.42. The van der Waals surface area contributed by atoms with E-state index in [9.17, 15) is 4.39 Å². The van der Waals surface area contributed by atoms with Crippen LogP contribution < -0.4 is 10.6 Å². The molecule has 0 radical (unpaired) electrons. The monoisotopic (exact) mass is 382 g/mol. The van der Waals surface area contributed by atoms with Gasteiger partial charge in [-0.05, 0) is 36.4 Å². The minimum absolute atomic E-state index is 0.0829. The minimum Gasteiger partial charge on any atom is -0.338 e. The maximum atomic E-state index is 14.3. The van der Waals surface area contributed by atoms with Gasteiger partial charge in [0.2, 0.25) is 5.95 Å². The van der Waals surface area contributed by atoms with E-state index >= 15 is 0 Å². The molecule has 0 aliphatic rings. The van der Waals surface area contributed by atoms with Crippen LogP contribution >= 0.6 is 0 Å². The van der Waals surface area contributed by atoms with E-state index in [4.69, 9.17) is 0 Å². The molecule has 0 unspecified atom stereocenters. The molecule has 0 spiro atoms. The Hall–Kier alpha value is -4.13. The van der Waals surface area contributed by atoms with Crippen molar-refractivity contribution in [3.63, 3.8) is 0 Å². The summed E-state index contributed by atoms with van der Waals surface area (Å²) >= 11 is 0. The molecule has 140 valence electrons. The molecular weight excluding hydrogens is 367 g/mol. The van der Waals surface area contributed by atoms with E-state index in [-0.39, 0.29) is 11.8 Å². The topological polar surface area (TPSA) is 75.6 Å². The molecule has 0 bridgehead atoms. The Kier molecular flexibility index (Phi) is 4.18. The van der Waals surface area contributed by atoms with Crippen molar-refractivity contribution in [3.05, 3.63) is 85.1 Å². The van der Waals surface area contributed by atoms with Crippen LogP contribution in [0.5, 0.6) is 0 Å². The summed E-state index contributed by atoms with van der Waals surface area (Å²) in [6.45, 7) is 0. The molecule has 0 atom stereocenters. The third-order valence-corrected chi connectivity index (χ3v) is 4.46. The smallest absolute Gasteiger partial charge is 0.229 e. The first kappa shape index (κ1) is 17.0. The quantitative estimate of drug-likeness (QED) is 0.445. The Morgan fingerprint density at radius 3 is 2.41 bits per heavy atom. The van der Waals surface area contributed by atoms with Crippen molar-refractivity contribution in [2.75, 3.05) is 10.6 Å². The number of fused-ring (bicyclic) bond motifs is 2. The first-order chi connectivity index (χ1) is 14.2. The van der Waals surface area contributed by atoms with Crippen LogP contribution in [-0.2, 0) is 0 Å². The third kappa shape index (κ3) is 3.53. The van der Waals surface area contributed by atoms with Gasteiger partial charge in [0, 0.05) is 22.7 Å². The van der Waals surface area contributed by atoms with Crippen molar-refractivity contribution in [2.24, 2.45) is 0 Å². The summed E-state index contributed by atoms with van der Waals surface area (Å²) in [7, 11) is 0. The van der Waals surface area contributed by atoms with E-state index in [2.05, 4.69) is 30.6 Å². The van der Waals surface area contributed by atoms with Crippen molar-refractivity contribution in [1.29, 1.82) is 0 Å². The van der Waals surface area contributed by atoms with Gasteiger partial charge in [-0.15, -0.1) is 0 Å². The van der Waals surface area contributed by atoms with Crippen molar-refractivity contribution in [1.82, 2.24) is 19.9 Å². The highest BCUT2D eigenvalue weighted by Crippen LogP contribution is 2.24. The molecule has 2 aromatic carbocycles. The number of hydrogen-bond acceptors (Lipinski definition) is 6. The second kappa shape index (κ2) is 7.12. The number of aromatic nitrogens is 4. The average molecular weight is 382 g/mol. The summed E-state index contributed by atoms with van der Waals surface area (Å²) in [6.07, 6.45) is 4.56. The highest BCUT2D eigenvalue weighted by molar-refractivity contribution is 5.83. The van der Waals surface area contributed by atoms with Gasteiger partial charge >= 0.3 is 0 Å². The largest absolute Gasteiger partial charge is 0.338 e. The first-order valence-electron chi connectivity index (χ1n) is 9.01. The highest BCUT2D eigenvalue weighted by Gasteiger charge is 2.09. The zero-order valence-electron chi connectivity index (χ0n) is 15.2. The summed E-state index contributed by atoms with van der Waals surface area (Å²) < 4.78 is 14.3. The number of rotatable bonds is 4. The zero-order valence-corrected chi connectivity index (χ0v) is 15.2. The number of halogens is 1. The van der Waals surface area contributed by atoms with Crippen LogP contribution in [0.2, 0.25) is 0 Å². The molecule has 0 aliphatic heterocycles. The standard InChI is InChI=1S/C22H15FN6/c23-18-13-26-22(28-17-11-14-4-1-2-6-19(14)25-12-17)29-21(18)27-16-7-8-20-15(10-16)5-3-9-24-20/h1-13H,(H2,26,27,28,29). The van der Waals surface area contributed by atoms with Gasteiger partial charge in [0.1, 0.15) is 0 Å². The maximum Gasteiger partial charge on any atom is 0.229 e. The molecule has 29 heavy (non-hydrogen) atoms. The number of anilines is 4. The van der Waals surface area contributed by atoms with Crippen LogP contribution in [0.25, 0.3) is 21.8 Å². The molecule has 2 N–H and O–H groups in total. The lowest BCUT2D eigenvalue weighted by Crippen LogP contribution is -2.03. The average Bonchev–Trinajstić information content (AvgIpc) is 2.76. The molecule has 6 nitrogen and oxygen atoms in total. The molecule has 5 rings (SSSR count). The molecule has 3 aromatic heterocycles. The number of nitrogens with zero attached hydrogens (tertiary/aromatic N) is 4. The van der Waals surface area contributed by atoms with Crippen LogP contribution in [0.1, 0.15) is 0 Å². The van der Waals surface area contributed by atoms with Gasteiger partial charge < -0.3 is 10.6 Å². The highest BCUT2D eigenvalue weighted by atomic mass is 19.1. The normalized spacial score (nSPS) is 10.9. The number of benzene rings is 2. The van der Waals surface area contributed by atoms with E-state index in [1.807, 2.05) is 60.7 Å². The lowest BCUT2D eigenvalue weighted by Gasteiger charge is -2.10. The second-order valence-electron chi connectivity index (χ2n) is 6.47. The molecule has 0 fully saturated rings. The van der Waals surface area contributed by atoms with Gasteiger partial charge in [0.15, 0.2) is 11.6 Å². The van der Waals surface area contributed by atoms with Gasteiger partial charge in [0.25, 0.3) is 0 Å². The van der Waals surface area contributed by atoms with E-state index in [1.54, 1.807) is 12.4 Å². The Morgan fingerprint density at radius 1 is 0.690 bits per heavy atom.